The molecule has 2 saturated heterocycles. The summed E-state index contributed by atoms with van der Waals surface area (Å²) in [4.78, 5) is 57.0. The van der Waals surface area contributed by atoms with E-state index in [0.717, 1.165) is 10.5 Å². The Morgan fingerprint density at radius 1 is 0.690 bits per heavy atom. The number of carbonyl (C=O) groups is 4. The Balaban J connectivity index is 1.23. The first-order valence-electron chi connectivity index (χ1n) is 13.5. The normalized spacial score (nSPS) is 22.0. The summed E-state index contributed by atoms with van der Waals surface area (Å²) in [5, 5.41) is 0. The molecule has 0 aliphatic carbocycles. The van der Waals surface area contributed by atoms with Gasteiger partial charge < -0.3 is 9.64 Å². The molecule has 4 atom stereocenters. The van der Waals surface area contributed by atoms with Crippen LogP contribution in [0.3, 0.4) is 0 Å². The first-order valence-corrected chi connectivity index (χ1v) is 13.5. The highest BCUT2D eigenvalue weighted by molar-refractivity contribution is 6.24. The molecule has 206 valence electrons. The van der Waals surface area contributed by atoms with Crippen LogP contribution in [0.5, 0.6) is 5.75 Å². The van der Waals surface area contributed by atoms with E-state index < -0.39 is 47.5 Å². The number of carbonyl (C=O) groups excluding carboxylic acids is 4. The van der Waals surface area contributed by atoms with Gasteiger partial charge >= 0.3 is 5.97 Å². The number of nitrogens with zero attached hydrogens (tertiary/aromatic N) is 2. The van der Waals surface area contributed by atoms with Crippen LogP contribution in [0.25, 0.3) is 6.08 Å². The Kier molecular flexibility index (Phi) is 6.04. The SMILES string of the molecule is O=C(c1ccccc1)c1ccc(OC(=O)[C@@H]2[C@H]3C(=O)N(c4ccccc4F)C(=O)[C@@H]3[C@H]3C=Cc4ccccc4N32)cc1. The quantitative estimate of drug-likeness (QED) is 0.148. The number of ether oxygens (including phenoxy) is 1. The molecular weight excluding hydrogens is 535 g/mol. The number of halogens is 1. The van der Waals surface area contributed by atoms with Crippen LogP contribution in [0, 0.1) is 17.7 Å². The summed E-state index contributed by atoms with van der Waals surface area (Å²) in [5.41, 5.74) is 2.35. The summed E-state index contributed by atoms with van der Waals surface area (Å²) in [7, 11) is 0. The number of benzene rings is 4. The fourth-order valence-electron chi connectivity index (χ4n) is 6.26. The van der Waals surface area contributed by atoms with Gasteiger partial charge in [-0.3, -0.25) is 14.4 Å². The van der Waals surface area contributed by atoms with E-state index in [9.17, 15) is 23.6 Å². The highest BCUT2D eigenvalue weighted by Gasteiger charge is 2.65. The maximum atomic E-state index is 14.7. The molecule has 0 N–H and O–H groups in total. The smallest absolute Gasteiger partial charge is 0.335 e. The lowest BCUT2D eigenvalue weighted by Gasteiger charge is -2.36. The van der Waals surface area contributed by atoms with Gasteiger partial charge in [0.2, 0.25) is 11.8 Å². The number of hydrogen-bond donors (Lipinski definition) is 0. The second-order valence-electron chi connectivity index (χ2n) is 10.4. The molecule has 0 saturated carbocycles. The topological polar surface area (TPSA) is 84.0 Å². The molecule has 0 spiro atoms. The zero-order chi connectivity index (χ0) is 29.0. The van der Waals surface area contributed by atoms with Gasteiger partial charge in [-0.25, -0.2) is 14.1 Å². The lowest BCUT2D eigenvalue weighted by molar-refractivity contribution is -0.139. The number of hydrogen-bond acceptors (Lipinski definition) is 6. The van der Waals surface area contributed by atoms with Crippen molar-refractivity contribution in [3.63, 3.8) is 0 Å². The summed E-state index contributed by atoms with van der Waals surface area (Å²) in [6, 6.07) is 26.3. The molecule has 7 nitrogen and oxygen atoms in total. The van der Waals surface area contributed by atoms with Gasteiger partial charge in [0.05, 0.1) is 23.6 Å². The minimum Gasteiger partial charge on any atom is -0.425 e. The minimum atomic E-state index is -1.15. The second-order valence-corrected chi connectivity index (χ2v) is 10.4. The van der Waals surface area contributed by atoms with E-state index in [2.05, 4.69) is 0 Å². The fourth-order valence-corrected chi connectivity index (χ4v) is 6.26. The van der Waals surface area contributed by atoms with Crippen LogP contribution in [0.2, 0.25) is 0 Å². The monoisotopic (exact) mass is 558 g/mol. The number of fused-ring (bicyclic) bond motifs is 5. The van der Waals surface area contributed by atoms with E-state index >= 15 is 0 Å². The van der Waals surface area contributed by atoms with Gasteiger partial charge in [0.25, 0.3) is 0 Å². The highest BCUT2D eigenvalue weighted by Crippen LogP contribution is 2.49. The molecule has 42 heavy (non-hydrogen) atoms. The van der Waals surface area contributed by atoms with Crippen molar-refractivity contribution in [2.75, 3.05) is 9.80 Å². The van der Waals surface area contributed by atoms with Crippen molar-refractivity contribution in [1.29, 1.82) is 0 Å². The number of anilines is 2. The van der Waals surface area contributed by atoms with Crippen molar-refractivity contribution < 1.29 is 28.3 Å². The van der Waals surface area contributed by atoms with E-state index in [4.69, 9.17) is 4.74 Å². The van der Waals surface area contributed by atoms with Crippen LogP contribution in [0.15, 0.2) is 109 Å². The van der Waals surface area contributed by atoms with Gasteiger partial charge in [0.1, 0.15) is 17.6 Å². The van der Waals surface area contributed by atoms with Gasteiger partial charge in [0.15, 0.2) is 5.78 Å². The third-order valence-electron chi connectivity index (χ3n) is 8.12. The lowest BCUT2D eigenvalue weighted by Crippen LogP contribution is -2.50. The Bertz CT molecular complexity index is 1790. The van der Waals surface area contributed by atoms with Gasteiger partial charge in [-0.05, 0) is 48.0 Å². The van der Waals surface area contributed by atoms with Crippen LogP contribution in [-0.2, 0) is 14.4 Å². The van der Waals surface area contributed by atoms with Crippen molar-refractivity contribution in [3.05, 3.63) is 132 Å². The maximum Gasteiger partial charge on any atom is 0.335 e. The number of ketones is 1. The molecule has 3 aliphatic heterocycles. The highest BCUT2D eigenvalue weighted by atomic mass is 19.1. The maximum absolute atomic E-state index is 14.7. The van der Waals surface area contributed by atoms with E-state index in [1.165, 1.54) is 30.3 Å². The predicted molar refractivity (Wildman–Crippen MR) is 153 cm³/mol. The van der Waals surface area contributed by atoms with E-state index in [1.807, 2.05) is 42.5 Å². The zero-order valence-corrected chi connectivity index (χ0v) is 22.1. The molecule has 4 aromatic rings. The number of para-hydroxylation sites is 2. The molecule has 2 amide bonds. The summed E-state index contributed by atoms with van der Waals surface area (Å²) in [6.07, 6.45) is 3.68. The number of esters is 1. The van der Waals surface area contributed by atoms with Gasteiger partial charge in [0, 0.05) is 16.8 Å². The largest absolute Gasteiger partial charge is 0.425 e. The van der Waals surface area contributed by atoms with Crippen LogP contribution in [0.1, 0.15) is 21.5 Å². The van der Waals surface area contributed by atoms with Crippen molar-refractivity contribution >= 4 is 41.0 Å². The zero-order valence-electron chi connectivity index (χ0n) is 22.1. The first-order chi connectivity index (χ1) is 20.4. The summed E-state index contributed by atoms with van der Waals surface area (Å²) in [6.45, 7) is 0. The van der Waals surface area contributed by atoms with Crippen molar-refractivity contribution in [1.82, 2.24) is 0 Å². The predicted octanol–water partition coefficient (Wildman–Crippen LogP) is 5.05. The Labute approximate surface area is 240 Å². The van der Waals surface area contributed by atoms with Crippen LogP contribution in [0.4, 0.5) is 15.8 Å². The van der Waals surface area contributed by atoms with Gasteiger partial charge in [-0.2, -0.15) is 0 Å². The summed E-state index contributed by atoms with van der Waals surface area (Å²) in [5.74, 6) is -4.63. The molecule has 7 rings (SSSR count). The molecule has 0 bridgehead atoms. The number of rotatable bonds is 5. The Morgan fingerprint density at radius 2 is 1.31 bits per heavy atom. The molecular formula is C34H23FN2O5. The molecule has 3 aliphatic rings. The minimum absolute atomic E-state index is 0.139. The van der Waals surface area contributed by atoms with E-state index in [0.29, 0.717) is 16.8 Å². The van der Waals surface area contributed by atoms with E-state index in [-0.39, 0.29) is 17.2 Å². The van der Waals surface area contributed by atoms with Gasteiger partial charge in [-0.15, -0.1) is 0 Å². The molecule has 0 aromatic heterocycles. The average Bonchev–Trinajstić information content (AvgIpc) is 3.50. The van der Waals surface area contributed by atoms with Gasteiger partial charge in [-0.1, -0.05) is 72.8 Å². The molecule has 0 radical (unpaired) electrons. The lowest BCUT2D eigenvalue weighted by atomic mass is 9.89. The second kappa shape index (κ2) is 9.92. The average molecular weight is 559 g/mol. The molecule has 3 heterocycles. The summed E-state index contributed by atoms with van der Waals surface area (Å²) < 4.78 is 20.5. The van der Waals surface area contributed by atoms with Crippen LogP contribution < -0.4 is 14.5 Å². The van der Waals surface area contributed by atoms with Crippen molar-refractivity contribution in [3.8, 4) is 5.75 Å². The fraction of sp³-hybridized carbons (Fsp3) is 0.118. The van der Waals surface area contributed by atoms with E-state index in [1.54, 1.807) is 47.4 Å². The molecule has 8 heteroatoms. The summed E-state index contributed by atoms with van der Waals surface area (Å²) >= 11 is 0. The third-order valence-corrected chi connectivity index (χ3v) is 8.12. The third kappa shape index (κ3) is 3.95. The standard InChI is InChI=1S/C34H23FN2O5/c35-24-11-5-7-13-26(24)37-32(39)28-27-19-16-20-8-4-6-12-25(20)36(27)30(29(28)33(37)40)34(41)42-23-17-14-22(15-18-23)31(38)21-9-2-1-3-10-21/h1-19,27-30H/t27-,28-,29+,30+/m1/s1. The Morgan fingerprint density at radius 3 is 2.05 bits per heavy atom. The van der Waals surface area contributed by atoms with Crippen molar-refractivity contribution in [2.24, 2.45) is 11.8 Å². The van der Waals surface area contributed by atoms with Crippen molar-refractivity contribution in [2.45, 2.75) is 12.1 Å². The Hall–Kier alpha value is -5.37. The molecule has 2 fully saturated rings. The van der Waals surface area contributed by atoms with Crippen LogP contribution in [-0.4, -0.2) is 35.7 Å². The molecule has 4 aromatic carbocycles. The van der Waals surface area contributed by atoms with Crippen LogP contribution >= 0.6 is 0 Å². The first kappa shape index (κ1) is 25.6. The number of imide groups is 1. The number of amides is 2. The molecule has 0 unspecified atom stereocenters.